The van der Waals surface area contributed by atoms with E-state index >= 15 is 0 Å². The summed E-state index contributed by atoms with van der Waals surface area (Å²) in [5, 5.41) is 6.23. The van der Waals surface area contributed by atoms with Gasteiger partial charge in [0, 0.05) is 26.8 Å². The average molecular weight is 349 g/mol. The molecule has 0 radical (unpaired) electrons. The van der Waals surface area contributed by atoms with Gasteiger partial charge in [0.05, 0.1) is 24.2 Å². The Kier molecular flexibility index (Phi) is 7.37. The topological polar surface area (TPSA) is 36.5 Å². The van der Waals surface area contributed by atoms with E-state index < -0.39 is 0 Å². The zero-order chi connectivity index (χ0) is 18.8. The van der Waals surface area contributed by atoms with Crippen molar-refractivity contribution in [3.05, 3.63) is 78.9 Å². The maximum atomic E-state index is 5.07. The number of hydrogen-bond acceptors (Lipinski definition) is 4. The van der Waals surface area contributed by atoms with Crippen molar-refractivity contribution in [1.82, 2.24) is 0 Å². The standard InChI is InChI=1S/C14H16N2.C8H11NO/c1-15-13-10-6-7-11-14(13)16(2)12-8-4-3-5-9-12;1-9-7-5-3-4-6-8(7)10-2/h3-11,15H,1-2H3;3-6,9H,1-2H3. The molecule has 3 rings (SSSR count). The Bertz CT molecular complexity index is 767. The van der Waals surface area contributed by atoms with E-state index in [1.165, 1.54) is 11.4 Å². The van der Waals surface area contributed by atoms with E-state index in [2.05, 4.69) is 52.9 Å². The number of nitrogens with zero attached hydrogens (tertiary/aromatic N) is 1. The molecule has 3 aromatic carbocycles. The second-order valence-electron chi connectivity index (χ2n) is 5.61. The summed E-state index contributed by atoms with van der Waals surface area (Å²) in [6.45, 7) is 0. The van der Waals surface area contributed by atoms with Gasteiger partial charge in [-0.25, -0.2) is 0 Å². The van der Waals surface area contributed by atoms with Gasteiger partial charge in [0.15, 0.2) is 0 Å². The lowest BCUT2D eigenvalue weighted by Crippen LogP contribution is -2.11. The predicted octanol–water partition coefficient (Wildman–Crippen LogP) is 5.23. The van der Waals surface area contributed by atoms with Crippen LogP contribution >= 0.6 is 0 Å². The molecule has 26 heavy (non-hydrogen) atoms. The molecule has 136 valence electrons. The van der Waals surface area contributed by atoms with Crippen LogP contribution in [0.5, 0.6) is 5.75 Å². The lowest BCUT2D eigenvalue weighted by molar-refractivity contribution is 0.416. The second kappa shape index (κ2) is 9.99. The summed E-state index contributed by atoms with van der Waals surface area (Å²) < 4.78 is 5.07. The first-order chi connectivity index (χ1) is 12.7. The van der Waals surface area contributed by atoms with E-state index in [0.717, 1.165) is 17.1 Å². The van der Waals surface area contributed by atoms with Gasteiger partial charge in [-0.3, -0.25) is 0 Å². The largest absolute Gasteiger partial charge is 0.495 e. The molecular weight excluding hydrogens is 322 g/mol. The van der Waals surface area contributed by atoms with E-state index in [4.69, 9.17) is 4.74 Å². The van der Waals surface area contributed by atoms with Gasteiger partial charge < -0.3 is 20.3 Å². The number of nitrogens with one attached hydrogen (secondary N) is 2. The molecule has 4 nitrogen and oxygen atoms in total. The molecule has 0 fully saturated rings. The summed E-state index contributed by atoms with van der Waals surface area (Å²) in [6, 6.07) is 26.4. The van der Waals surface area contributed by atoms with Crippen molar-refractivity contribution in [2.75, 3.05) is 43.8 Å². The minimum atomic E-state index is 0.880. The van der Waals surface area contributed by atoms with Crippen molar-refractivity contribution < 1.29 is 4.74 Å². The summed E-state index contributed by atoms with van der Waals surface area (Å²) in [5.41, 5.74) is 4.51. The molecule has 0 bridgehead atoms. The molecule has 0 saturated heterocycles. The Morgan fingerprint density at radius 2 is 1.23 bits per heavy atom. The van der Waals surface area contributed by atoms with Crippen molar-refractivity contribution in [2.24, 2.45) is 0 Å². The van der Waals surface area contributed by atoms with Crippen LogP contribution in [0.3, 0.4) is 0 Å². The predicted molar refractivity (Wildman–Crippen MR) is 113 cm³/mol. The zero-order valence-electron chi connectivity index (χ0n) is 15.9. The Balaban J connectivity index is 0.000000209. The summed E-state index contributed by atoms with van der Waals surface area (Å²) in [4.78, 5) is 2.17. The molecule has 0 aliphatic carbocycles. The number of para-hydroxylation sites is 5. The number of ether oxygens (including phenoxy) is 1. The first kappa shape index (κ1) is 19.2. The number of rotatable bonds is 5. The third kappa shape index (κ3) is 4.93. The second-order valence-corrected chi connectivity index (χ2v) is 5.61. The minimum Gasteiger partial charge on any atom is -0.495 e. The highest BCUT2D eigenvalue weighted by atomic mass is 16.5. The van der Waals surface area contributed by atoms with Gasteiger partial charge in [-0.2, -0.15) is 0 Å². The first-order valence-electron chi connectivity index (χ1n) is 8.57. The SMILES string of the molecule is CNc1ccccc1N(C)c1ccccc1.CNc1ccccc1OC. The Morgan fingerprint density at radius 1 is 0.692 bits per heavy atom. The van der Waals surface area contributed by atoms with Gasteiger partial charge in [0.1, 0.15) is 5.75 Å². The molecule has 0 atom stereocenters. The van der Waals surface area contributed by atoms with Crippen molar-refractivity contribution in [2.45, 2.75) is 0 Å². The van der Waals surface area contributed by atoms with Crippen LogP contribution in [0.4, 0.5) is 22.7 Å². The monoisotopic (exact) mass is 349 g/mol. The molecule has 0 amide bonds. The highest BCUT2D eigenvalue weighted by Crippen LogP contribution is 2.29. The van der Waals surface area contributed by atoms with Crippen LogP contribution in [-0.4, -0.2) is 28.3 Å². The van der Waals surface area contributed by atoms with Crippen LogP contribution in [0, 0.1) is 0 Å². The third-order valence-electron chi connectivity index (χ3n) is 4.05. The van der Waals surface area contributed by atoms with Crippen molar-refractivity contribution in [1.29, 1.82) is 0 Å². The smallest absolute Gasteiger partial charge is 0.141 e. The third-order valence-corrected chi connectivity index (χ3v) is 4.05. The van der Waals surface area contributed by atoms with Gasteiger partial charge in [-0.1, -0.05) is 42.5 Å². The minimum absolute atomic E-state index is 0.880. The molecule has 0 saturated carbocycles. The Hall–Kier alpha value is -3.14. The van der Waals surface area contributed by atoms with E-state index in [0.29, 0.717) is 0 Å². The summed E-state index contributed by atoms with van der Waals surface area (Å²) in [7, 11) is 7.55. The number of hydrogen-bond donors (Lipinski definition) is 2. The van der Waals surface area contributed by atoms with Crippen LogP contribution in [-0.2, 0) is 0 Å². The molecule has 3 aromatic rings. The molecule has 2 N–H and O–H groups in total. The Labute approximate surface area is 156 Å². The number of anilines is 4. The van der Waals surface area contributed by atoms with E-state index in [9.17, 15) is 0 Å². The van der Waals surface area contributed by atoms with E-state index in [1.807, 2.05) is 62.6 Å². The maximum Gasteiger partial charge on any atom is 0.141 e. The molecule has 0 aliphatic heterocycles. The van der Waals surface area contributed by atoms with E-state index in [-0.39, 0.29) is 0 Å². The lowest BCUT2D eigenvalue weighted by atomic mass is 10.2. The summed E-state index contributed by atoms with van der Waals surface area (Å²) in [6.07, 6.45) is 0. The molecule has 0 spiro atoms. The van der Waals surface area contributed by atoms with E-state index in [1.54, 1.807) is 7.11 Å². The highest BCUT2D eigenvalue weighted by Gasteiger charge is 2.06. The van der Waals surface area contributed by atoms with Crippen LogP contribution in [0.25, 0.3) is 0 Å². The van der Waals surface area contributed by atoms with Crippen molar-refractivity contribution >= 4 is 22.7 Å². The normalized spacial score (nSPS) is 9.54. The first-order valence-corrected chi connectivity index (χ1v) is 8.57. The fraction of sp³-hybridized carbons (Fsp3) is 0.182. The fourth-order valence-corrected chi connectivity index (χ4v) is 2.62. The van der Waals surface area contributed by atoms with Crippen LogP contribution < -0.4 is 20.3 Å². The van der Waals surface area contributed by atoms with Gasteiger partial charge in [-0.05, 0) is 36.4 Å². The molecule has 0 aromatic heterocycles. The van der Waals surface area contributed by atoms with Crippen molar-refractivity contribution in [3.8, 4) is 5.75 Å². The van der Waals surface area contributed by atoms with Crippen molar-refractivity contribution in [3.63, 3.8) is 0 Å². The van der Waals surface area contributed by atoms with Gasteiger partial charge in [0.2, 0.25) is 0 Å². The fourth-order valence-electron chi connectivity index (χ4n) is 2.62. The average Bonchev–Trinajstić information content (AvgIpc) is 2.74. The molecule has 0 unspecified atom stereocenters. The molecule has 0 heterocycles. The number of benzene rings is 3. The summed E-state index contributed by atoms with van der Waals surface area (Å²) in [5.74, 6) is 0.880. The van der Waals surface area contributed by atoms with Gasteiger partial charge >= 0.3 is 0 Å². The maximum absolute atomic E-state index is 5.07. The molecular formula is C22H27N3O. The lowest BCUT2D eigenvalue weighted by Gasteiger charge is -2.22. The van der Waals surface area contributed by atoms with Gasteiger partial charge in [0.25, 0.3) is 0 Å². The highest BCUT2D eigenvalue weighted by molar-refractivity contribution is 5.75. The molecule has 4 heteroatoms. The Morgan fingerprint density at radius 3 is 1.81 bits per heavy atom. The van der Waals surface area contributed by atoms with Crippen LogP contribution in [0.2, 0.25) is 0 Å². The molecule has 0 aliphatic rings. The zero-order valence-corrected chi connectivity index (χ0v) is 15.9. The summed E-state index contributed by atoms with van der Waals surface area (Å²) >= 11 is 0. The quantitative estimate of drug-likeness (QED) is 0.661. The van der Waals surface area contributed by atoms with Crippen LogP contribution in [0.1, 0.15) is 0 Å². The number of methoxy groups -OCH3 is 1. The van der Waals surface area contributed by atoms with Gasteiger partial charge in [-0.15, -0.1) is 0 Å². The van der Waals surface area contributed by atoms with Crippen LogP contribution in [0.15, 0.2) is 78.9 Å².